The number of benzene rings is 3. The highest BCUT2D eigenvalue weighted by Crippen LogP contribution is 2.25. The van der Waals surface area contributed by atoms with E-state index in [0.717, 1.165) is 22.4 Å². The summed E-state index contributed by atoms with van der Waals surface area (Å²) < 4.78 is 8.50. The van der Waals surface area contributed by atoms with Gasteiger partial charge in [0.05, 0.1) is 30.1 Å². The van der Waals surface area contributed by atoms with Crippen LogP contribution in [-0.4, -0.2) is 21.7 Å². The summed E-state index contributed by atoms with van der Waals surface area (Å²) in [6.45, 7) is 4.49. The Hall–Kier alpha value is -3.86. The van der Waals surface area contributed by atoms with Crippen molar-refractivity contribution in [2.75, 3.05) is 6.61 Å². The second kappa shape index (κ2) is 8.88. The van der Waals surface area contributed by atoms with Gasteiger partial charge in [-0.05, 0) is 31.5 Å². The fourth-order valence-electron chi connectivity index (χ4n) is 3.60. The van der Waals surface area contributed by atoms with Crippen LogP contribution in [0.3, 0.4) is 0 Å². The molecular weight excluding hydrogens is 388 g/mol. The van der Waals surface area contributed by atoms with E-state index in [1.54, 1.807) is 34.3 Å². The van der Waals surface area contributed by atoms with E-state index in [2.05, 4.69) is 0 Å². The van der Waals surface area contributed by atoms with E-state index in [0.29, 0.717) is 17.8 Å². The molecule has 5 nitrogen and oxygen atoms in total. The zero-order chi connectivity index (χ0) is 21.8. The molecule has 0 atom stereocenters. The minimum atomic E-state index is -0.448. The summed E-state index contributed by atoms with van der Waals surface area (Å²) in [6.07, 6.45) is 1.85. The Kier molecular flexibility index (Phi) is 5.85. The lowest BCUT2D eigenvalue weighted by atomic mass is 10.1. The van der Waals surface area contributed by atoms with Gasteiger partial charge in [-0.3, -0.25) is 9.13 Å². The van der Waals surface area contributed by atoms with Crippen molar-refractivity contribution in [3.63, 3.8) is 0 Å². The van der Waals surface area contributed by atoms with Gasteiger partial charge in [-0.2, -0.15) is 0 Å². The summed E-state index contributed by atoms with van der Waals surface area (Å²) >= 11 is 0. The maximum absolute atomic E-state index is 13.5. The second-order valence-electron chi connectivity index (χ2n) is 7.35. The molecule has 0 unspecified atom stereocenters. The molecular formula is C26H24N2O3. The summed E-state index contributed by atoms with van der Waals surface area (Å²) in [5.74, 6) is -0.448. The topological polar surface area (TPSA) is 53.2 Å². The smallest absolute Gasteiger partial charge is 0.340 e. The van der Waals surface area contributed by atoms with E-state index in [9.17, 15) is 9.59 Å². The van der Waals surface area contributed by atoms with Crippen molar-refractivity contribution in [2.24, 2.45) is 0 Å². The van der Waals surface area contributed by atoms with E-state index >= 15 is 0 Å². The fourth-order valence-corrected chi connectivity index (χ4v) is 3.60. The van der Waals surface area contributed by atoms with E-state index in [-0.39, 0.29) is 12.3 Å². The molecule has 0 saturated carbocycles. The number of aryl methyl sites for hydroxylation is 1. The number of rotatable bonds is 6. The predicted molar refractivity (Wildman–Crippen MR) is 122 cm³/mol. The standard InChI is InChI=1S/C26H24N2O3/c1-3-31-25(29)22-11-7-8-12-23(22)28-24(21-15-13-19(2)14-16-21)18-27(26(28)30)17-20-9-5-4-6-10-20/h4-16,18H,3,17H2,1-2H3. The molecule has 156 valence electrons. The maximum Gasteiger partial charge on any atom is 0.340 e. The van der Waals surface area contributed by atoms with Crippen LogP contribution in [0.1, 0.15) is 28.4 Å². The van der Waals surface area contributed by atoms with Crippen molar-refractivity contribution in [2.45, 2.75) is 20.4 Å². The molecule has 4 aromatic rings. The Morgan fingerprint density at radius 1 is 0.903 bits per heavy atom. The number of carbonyl (C=O) groups excluding carboxylic acids is 1. The molecule has 0 radical (unpaired) electrons. The molecule has 0 aliphatic rings. The van der Waals surface area contributed by atoms with Crippen molar-refractivity contribution in [1.82, 2.24) is 9.13 Å². The highest BCUT2D eigenvalue weighted by molar-refractivity contribution is 5.93. The van der Waals surface area contributed by atoms with Gasteiger partial charge in [0.25, 0.3) is 0 Å². The minimum Gasteiger partial charge on any atom is -0.462 e. The number of imidazole rings is 1. The average molecular weight is 412 g/mol. The van der Waals surface area contributed by atoms with Gasteiger partial charge in [0, 0.05) is 11.8 Å². The summed E-state index contributed by atoms with van der Waals surface area (Å²) in [7, 11) is 0. The largest absolute Gasteiger partial charge is 0.462 e. The summed E-state index contributed by atoms with van der Waals surface area (Å²) in [4.78, 5) is 26.1. The van der Waals surface area contributed by atoms with Crippen LogP contribution in [0.25, 0.3) is 16.9 Å². The molecule has 0 saturated heterocycles. The molecule has 1 aromatic heterocycles. The zero-order valence-corrected chi connectivity index (χ0v) is 17.6. The number of carbonyl (C=O) groups is 1. The molecule has 0 spiro atoms. The molecule has 0 aliphatic heterocycles. The molecule has 0 amide bonds. The highest BCUT2D eigenvalue weighted by Gasteiger charge is 2.20. The third-order valence-corrected chi connectivity index (χ3v) is 5.14. The Bertz CT molecular complexity index is 1250. The minimum absolute atomic E-state index is 0.212. The van der Waals surface area contributed by atoms with Crippen molar-refractivity contribution in [3.8, 4) is 16.9 Å². The van der Waals surface area contributed by atoms with Gasteiger partial charge in [0.1, 0.15) is 0 Å². The number of hydrogen-bond acceptors (Lipinski definition) is 3. The molecule has 0 bridgehead atoms. The molecule has 4 rings (SSSR count). The summed E-state index contributed by atoms with van der Waals surface area (Å²) in [5.41, 5.74) is 4.43. The van der Waals surface area contributed by atoms with Gasteiger partial charge in [0.2, 0.25) is 0 Å². The van der Waals surface area contributed by atoms with Gasteiger partial charge < -0.3 is 4.74 Å². The quantitative estimate of drug-likeness (QED) is 0.426. The molecule has 31 heavy (non-hydrogen) atoms. The summed E-state index contributed by atoms with van der Waals surface area (Å²) in [6, 6.07) is 24.9. The zero-order valence-electron chi connectivity index (χ0n) is 17.6. The van der Waals surface area contributed by atoms with Crippen molar-refractivity contribution in [1.29, 1.82) is 0 Å². The molecule has 1 heterocycles. The van der Waals surface area contributed by atoms with Crippen molar-refractivity contribution in [3.05, 3.63) is 112 Å². The van der Waals surface area contributed by atoms with Crippen LogP contribution in [0, 0.1) is 6.92 Å². The molecule has 5 heteroatoms. The Balaban J connectivity index is 1.92. The third kappa shape index (κ3) is 4.21. The summed E-state index contributed by atoms with van der Waals surface area (Å²) in [5, 5.41) is 0. The van der Waals surface area contributed by atoms with Crippen LogP contribution in [0.2, 0.25) is 0 Å². The number of nitrogens with zero attached hydrogens (tertiary/aromatic N) is 2. The van der Waals surface area contributed by atoms with Crippen LogP contribution < -0.4 is 5.69 Å². The van der Waals surface area contributed by atoms with E-state index in [1.807, 2.05) is 73.8 Å². The Morgan fingerprint density at radius 3 is 2.29 bits per heavy atom. The molecule has 0 fully saturated rings. The van der Waals surface area contributed by atoms with Crippen LogP contribution >= 0.6 is 0 Å². The van der Waals surface area contributed by atoms with Gasteiger partial charge in [-0.15, -0.1) is 0 Å². The van der Waals surface area contributed by atoms with Crippen molar-refractivity contribution >= 4 is 5.97 Å². The lowest BCUT2D eigenvalue weighted by molar-refractivity contribution is 0.0526. The Morgan fingerprint density at radius 2 is 1.58 bits per heavy atom. The first-order valence-corrected chi connectivity index (χ1v) is 10.3. The number of aromatic nitrogens is 2. The highest BCUT2D eigenvalue weighted by atomic mass is 16.5. The van der Waals surface area contributed by atoms with Gasteiger partial charge in [0.15, 0.2) is 0 Å². The number of hydrogen-bond donors (Lipinski definition) is 0. The number of ether oxygens (including phenoxy) is 1. The Labute approximate surface area is 181 Å². The lowest BCUT2D eigenvalue weighted by Crippen LogP contribution is -2.25. The van der Waals surface area contributed by atoms with Crippen LogP contribution in [0.15, 0.2) is 89.9 Å². The fraction of sp³-hybridized carbons (Fsp3) is 0.154. The third-order valence-electron chi connectivity index (χ3n) is 5.14. The number of para-hydroxylation sites is 1. The van der Waals surface area contributed by atoms with E-state index in [1.165, 1.54) is 0 Å². The normalized spacial score (nSPS) is 10.8. The maximum atomic E-state index is 13.5. The molecule has 3 aromatic carbocycles. The van der Waals surface area contributed by atoms with E-state index < -0.39 is 5.97 Å². The second-order valence-corrected chi connectivity index (χ2v) is 7.35. The first kappa shape index (κ1) is 20.4. The molecule has 0 aliphatic carbocycles. The van der Waals surface area contributed by atoms with Crippen LogP contribution in [0.5, 0.6) is 0 Å². The number of esters is 1. The van der Waals surface area contributed by atoms with Gasteiger partial charge >= 0.3 is 11.7 Å². The predicted octanol–water partition coefficient (Wildman–Crippen LogP) is 4.84. The van der Waals surface area contributed by atoms with Crippen molar-refractivity contribution < 1.29 is 9.53 Å². The van der Waals surface area contributed by atoms with Crippen LogP contribution in [0.4, 0.5) is 0 Å². The first-order valence-electron chi connectivity index (χ1n) is 10.3. The first-order chi connectivity index (χ1) is 15.1. The van der Waals surface area contributed by atoms with E-state index in [4.69, 9.17) is 4.74 Å². The average Bonchev–Trinajstić information content (AvgIpc) is 3.11. The van der Waals surface area contributed by atoms with Gasteiger partial charge in [-0.1, -0.05) is 72.3 Å². The molecule has 0 N–H and O–H groups in total. The monoisotopic (exact) mass is 412 g/mol. The van der Waals surface area contributed by atoms with Crippen LogP contribution in [-0.2, 0) is 11.3 Å². The SMILES string of the molecule is CCOC(=O)c1ccccc1-n1c(-c2ccc(C)cc2)cn(Cc2ccccc2)c1=O. The lowest BCUT2D eigenvalue weighted by Gasteiger charge is -2.12. The van der Waals surface area contributed by atoms with Gasteiger partial charge in [-0.25, -0.2) is 9.59 Å².